The standard InChI is InChI=1S/C22H30N6O3/c1-26(2)20(29)19-9-4-12-27(19)13-5-10-23-21(30)25-18-8-3-7-17(15-18)16-28-14-6-11-24-22(28)31/h3,6-8,11,14-15,19H,4-5,9-10,12-13,16H2,1-2H3,(H2,23,25,30). The highest BCUT2D eigenvalue weighted by molar-refractivity contribution is 5.89. The lowest BCUT2D eigenvalue weighted by molar-refractivity contribution is -0.133. The molecule has 0 aliphatic carbocycles. The molecular formula is C22H30N6O3. The van der Waals surface area contributed by atoms with Gasteiger partial charge in [0.15, 0.2) is 0 Å². The van der Waals surface area contributed by atoms with Gasteiger partial charge < -0.3 is 15.5 Å². The van der Waals surface area contributed by atoms with Crippen LogP contribution in [0.5, 0.6) is 0 Å². The molecule has 2 heterocycles. The van der Waals surface area contributed by atoms with Gasteiger partial charge in [-0.05, 0) is 49.6 Å². The Kier molecular flexibility index (Phi) is 7.77. The third-order valence-corrected chi connectivity index (χ3v) is 5.32. The summed E-state index contributed by atoms with van der Waals surface area (Å²) in [5.74, 6) is 0.150. The second kappa shape index (κ2) is 10.7. The van der Waals surface area contributed by atoms with Crippen LogP contribution in [0.1, 0.15) is 24.8 Å². The third kappa shape index (κ3) is 6.39. The van der Waals surface area contributed by atoms with E-state index in [-0.39, 0.29) is 23.7 Å². The lowest BCUT2D eigenvalue weighted by Gasteiger charge is -2.26. The molecule has 31 heavy (non-hydrogen) atoms. The Morgan fingerprint density at radius 1 is 1.26 bits per heavy atom. The molecule has 3 rings (SSSR count). The molecule has 1 fully saturated rings. The van der Waals surface area contributed by atoms with Gasteiger partial charge in [0.2, 0.25) is 5.91 Å². The molecule has 9 nitrogen and oxygen atoms in total. The summed E-state index contributed by atoms with van der Waals surface area (Å²) in [5, 5.41) is 5.69. The van der Waals surface area contributed by atoms with Gasteiger partial charge in [-0.2, -0.15) is 0 Å². The molecule has 2 aromatic rings. The molecule has 1 aliphatic heterocycles. The average molecular weight is 427 g/mol. The van der Waals surface area contributed by atoms with Gasteiger partial charge in [-0.25, -0.2) is 14.6 Å². The fourth-order valence-electron chi connectivity index (χ4n) is 3.78. The second-order valence-corrected chi connectivity index (χ2v) is 7.89. The number of likely N-dealkylation sites (tertiary alicyclic amines) is 1. The van der Waals surface area contributed by atoms with Gasteiger partial charge in [0.25, 0.3) is 0 Å². The van der Waals surface area contributed by atoms with E-state index in [2.05, 4.69) is 20.5 Å². The lowest BCUT2D eigenvalue weighted by Crippen LogP contribution is -2.43. The molecule has 9 heteroatoms. The van der Waals surface area contributed by atoms with Crippen molar-refractivity contribution in [2.75, 3.05) is 39.0 Å². The van der Waals surface area contributed by atoms with Crippen LogP contribution in [0.4, 0.5) is 10.5 Å². The van der Waals surface area contributed by atoms with Crippen LogP contribution in [-0.4, -0.2) is 71.1 Å². The van der Waals surface area contributed by atoms with E-state index in [0.29, 0.717) is 18.8 Å². The third-order valence-electron chi connectivity index (χ3n) is 5.32. The summed E-state index contributed by atoms with van der Waals surface area (Å²) in [6.45, 7) is 2.60. The van der Waals surface area contributed by atoms with E-state index in [9.17, 15) is 14.4 Å². The highest BCUT2D eigenvalue weighted by Gasteiger charge is 2.30. The number of hydrogen-bond donors (Lipinski definition) is 2. The number of amides is 3. The SMILES string of the molecule is CN(C)C(=O)C1CCCN1CCCNC(=O)Nc1cccc(Cn2cccnc2=O)c1. The largest absolute Gasteiger partial charge is 0.347 e. The first-order valence-corrected chi connectivity index (χ1v) is 10.5. The number of likely N-dealkylation sites (N-methyl/N-ethyl adjacent to an activating group) is 1. The minimum absolute atomic E-state index is 0.0427. The van der Waals surface area contributed by atoms with Crippen molar-refractivity contribution in [2.24, 2.45) is 0 Å². The van der Waals surface area contributed by atoms with Crippen LogP contribution >= 0.6 is 0 Å². The van der Waals surface area contributed by atoms with Gasteiger partial charge in [0.1, 0.15) is 0 Å². The highest BCUT2D eigenvalue weighted by Crippen LogP contribution is 2.18. The average Bonchev–Trinajstić information content (AvgIpc) is 3.21. The topological polar surface area (TPSA) is 99.6 Å². The maximum atomic E-state index is 12.2. The summed E-state index contributed by atoms with van der Waals surface area (Å²) >= 11 is 0. The lowest BCUT2D eigenvalue weighted by atomic mass is 10.2. The molecule has 2 N–H and O–H groups in total. The van der Waals surface area contributed by atoms with Crippen LogP contribution < -0.4 is 16.3 Å². The maximum absolute atomic E-state index is 12.2. The van der Waals surface area contributed by atoms with Crippen LogP contribution in [0.2, 0.25) is 0 Å². The number of anilines is 1. The molecule has 0 saturated carbocycles. The second-order valence-electron chi connectivity index (χ2n) is 7.89. The normalized spacial score (nSPS) is 16.1. The summed E-state index contributed by atoms with van der Waals surface area (Å²) < 4.78 is 1.51. The number of hydrogen-bond acceptors (Lipinski definition) is 5. The monoisotopic (exact) mass is 426 g/mol. The molecule has 1 aromatic carbocycles. The Bertz CT molecular complexity index is 958. The molecule has 1 saturated heterocycles. The van der Waals surface area contributed by atoms with Crippen molar-refractivity contribution >= 4 is 17.6 Å². The number of aromatic nitrogens is 2. The quantitative estimate of drug-likeness (QED) is 0.621. The van der Waals surface area contributed by atoms with E-state index in [1.807, 2.05) is 18.2 Å². The molecule has 1 aliphatic rings. The van der Waals surface area contributed by atoms with Gasteiger partial charge >= 0.3 is 11.7 Å². The van der Waals surface area contributed by atoms with Crippen molar-refractivity contribution in [1.82, 2.24) is 24.7 Å². The minimum Gasteiger partial charge on any atom is -0.347 e. The van der Waals surface area contributed by atoms with Crippen molar-refractivity contribution < 1.29 is 9.59 Å². The van der Waals surface area contributed by atoms with Gasteiger partial charge in [0, 0.05) is 45.3 Å². The Morgan fingerprint density at radius 2 is 2.10 bits per heavy atom. The molecule has 1 unspecified atom stereocenters. The van der Waals surface area contributed by atoms with Gasteiger partial charge in [-0.3, -0.25) is 14.3 Å². The number of carbonyl (C=O) groups is 2. The number of carbonyl (C=O) groups excluding carboxylic acids is 2. The van der Waals surface area contributed by atoms with E-state index in [4.69, 9.17) is 0 Å². The van der Waals surface area contributed by atoms with Gasteiger partial charge in [-0.1, -0.05) is 12.1 Å². The smallest absolute Gasteiger partial charge is 0.347 e. The van der Waals surface area contributed by atoms with E-state index in [1.165, 1.54) is 10.8 Å². The van der Waals surface area contributed by atoms with Crippen LogP contribution in [0.15, 0.2) is 47.5 Å². The van der Waals surface area contributed by atoms with E-state index in [1.54, 1.807) is 37.3 Å². The first-order valence-electron chi connectivity index (χ1n) is 10.5. The molecule has 0 bridgehead atoms. The predicted octanol–water partition coefficient (Wildman–Crippen LogP) is 1.36. The Hall–Kier alpha value is -3.20. The maximum Gasteiger partial charge on any atom is 0.347 e. The molecular weight excluding hydrogens is 396 g/mol. The van der Waals surface area contributed by atoms with E-state index < -0.39 is 0 Å². The Balaban J connectivity index is 1.43. The first kappa shape index (κ1) is 22.5. The van der Waals surface area contributed by atoms with E-state index in [0.717, 1.165) is 37.9 Å². The molecule has 166 valence electrons. The molecule has 1 atom stereocenters. The number of nitrogens with zero attached hydrogens (tertiary/aromatic N) is 4. The molecule has 1 aromatic heterocycles. The van der Waals surface area contributed by atoms with Crippen molar-refractivity contribution in [3.05, 3.63) is 58.8 Å². The predicted molar refractivity (Wildman–Crippen MR) is 119 cm³/mol. The molecule has 0 spiro atoms. The fraction of sp³-hybridized carbons (Fsp3) is 0.455. The van der Waals surface area contributed by atoms with Crippen molar-refractivity contribution in [1.29, 1.82) is 0 Å². The van der Waals surface area contributed by atoms with Crippen LogP contribution in [-0.2, 0) is 11.3 Å². The number of benzene rings is 1. The van der Waals surface area contributed by atoms with Crippen molar-refractivity contribution in [3.63, 3.8) is 0 Å². The highest BCUT2D eigenvalue weighted by atomic mass is 16.2. The summed E-state index contributed by atoms with van der Waals surface area (Å²) in [6.07, 6.45) is 5.84. The Labute approximate surface area is 182 Å². The zero-order valence-corrected chi connectivity index (χ0v) is 18.1. The summed E-state index contributed by atoms with van der Waals surface area (Å²) in [5.41, 5.74) is 1.23. The van der Waals surface area contributed by atoms with Crippen LogP contribution in [0.25, 0.3) is 0 Å². The van der Waals surface area contributed by atoms with Gasteiger partial charge in [-0.15, -0.1) is 0 Å². The Morgan fingerprint density at radius 3 is 2.87 bits per heavy atom. The zero-order valence-electron chi connectivity index (χ0n) is 18.1. The van der Waals surface area contributed by atoms with Crippen molar-refractivity contribution in [3.8, 4) is 0 Å². The number of rotatable bonds is 8. The number of nitrogens with one attached hydrogen (secondary N) is 2. The van der Waals surface area contributed by atoms with Crippen LogP contribution in [0, 0.1) is 0 Å². The summed E-state index contributed by atoms with van der Waals surface area (Å²) in [6, 6.07) is 8.75. The first-order chi connectivity index (χ1) is 14.9. The van der Waals surface area contributed by atoms with Crippen molar-refractivity contribution in [2.45, 2.75) is 31.8 Å². The molecule has 3 amide bonds. The minimum atomic E-state index is -0.314. The zero-order chi connectivity index (χ0) is 22.2. The van der Waals surface area contributed by atoms with E-state index >= 15 is 0 Å². The fourth-order valence-corrected chi connectivity index (χ4v) is 3.78. The van der Waals surface area contributed by atoms with Crippen LogP contribution in [0.3, 0.4) is 0 Å². The van der Waals surface area contributed by atoms with Gasteiger partial charge in [0.05, 0.1) is 12.6 Å². The number of urea groups is 1. The summed E-state index contributed by atoms with van der Waals surface area (Å²) in [7, 11) is 3.57. The molecule has 0 radical (unpaired) electrons. The summed E-state index contributed by atoms with van der Waals surface area (Å²) in [4.78, 5) is 43.8.